The first-order valence-electron chi connectivity index (χ1n) is 10.4. The monoisotopic (exact) mass is 451 g/mol. The van der Waals surface area contributed by atoms with Gasteiger partial charge in [0.25, 0.3) is 5.56 Å². The molecule has 2 aromatic heterocycles. The summed E-state index contributed by atoms with van der Waals surface area (Å²) in [6, 6.07) is 8.07. The number of carbonyl (C=O) groups excluding carboxylic acids is 2. The van der Waals surface area contributed by atoms with Crippen molar-refractivity contribution in [1.82, 2.24) is 9.55 Å². The highest BCUT2D eigenvalue weighted by Gasteiger charge is 2.38. The minimum Gasteiger partial charge on any atom is -0.462 e. The topological polar surface area (TPSA) is 81.5 Å². The number of likely N-dealkylation sites (N-methyl/N-ethyl adjacent to an activating group) is 1. The number of thiophene rings is 1. The summed E-state index contributed by atoms with van der Waals surface area (Å²) in [5, 5.41) is 0.353. The molecule has 0 saturated carbocycles. The van der Waals surface area contributed by atoms with E-state index in [0.29, 0.717) is 20.7 Å². The molecule has 0 bridgehead atoms. The van der Waals surface area contributed by atoms with Crippen LogP contribution in [-0.4, -0.2) is 35.0 Å². The number of hydrogen-bond acceptors (Lipinski definition) is 7. The van der Waals surface area contributed by atoms with Crippen LogP contribution in [0.5, 0.6) is 0 Å². The number of para-hydroxylation sites is 1. The highest BCUT2D eigenvalue weighted by atomic mass is 32.1. The molecule has 0 unspecified atom stereocenters. The molecule has 0 N–H and O–H groups in total. The van der Waals surface area contributed by atoms with Crippen molar-refractivity contribution >= 4 is 39.0 Å². The number of anilines is 1. The van der Waals surface area contributed by atoms with Crippen molar-refractivity contribution in [2.45, 2.75) is 39.7 Å². The van der Waals surface area contributed by atoms with Crippen LogP contribution in [0.4, 0.5) is 5.69 Å². The lowest BCUT2D eigenvalue weighted by molar-refractivity contribution is -0.115. The quantitative estimate of drug-likeness (QED) is 0.433. The number of rotatable bonds is 5. The second-order valence-electron chi connectivity index (χ2n) is 8.33. The molecule has 0 aliphatic carbocycles. The molecular formula is C24H25N3O4S. The molecule has 0 radical (unpaired) electrons. The molecule has 1 aliphatic rings. The van der Waals surface area contributed by atoms with E-state index in [1.54, 1.807) is 19.9 Å². The number of ether oxygens (including phenoxy) is 1. The number of esters is 1. The SMILES string of the molecule is CCOC(=O)c1sc2ncn(CC(=O)/C=C3/N(C)c4ccccc4C3(C)C)c(=O)c2c1C. The lowest BCUT2D eigenvalue weighted by Gasteiger charge is -2.24. The molecule has 166 valence electrons. The van der Waals surface area contributed by atoms with Gasteiger partial charge in [-0.25, -0.2) is 9.78 Å². The molecule has 0 amide bonds. The van der Waals surface area contributed by atoms with Gasteiger partial charge in [0.2, 0.25) is 0 Å². The van der Waals surface area contributed by atoms with E-state index in [4.69, 9.17) is 4.74 Å². The molecular weight excluding hydrogens is 426 g/mol. The highest BCUT2D eigenvalue weighted by molar-refractivity contribution is 7.20. The zero-order chi connectivity index (χ0) is 23.2. The predicted molar refractivity (Wildman–Crippen MR) is 126 cm³/mol. The van der Waals surface area contributed by atoms with Crippen molar-refractivity contribution in [2.24, 2.45) is 0 Å². The van der Waals surface area contributed by atoms with Crippen molar-refractivity contribution in [1.29, 1.82) is 0 Å². The molecule has 0 saturated heterocycles. The molecule has 32 heavy (non-hydrogen) atoms. The Kier molecular flexibility index (Phi) is 5.50. The third-order valence-electron chi connectivity index (χ3n) is 5.94. The predicted octanol–water partition coefficient (Wildman–Crippen LogP) is 3.82. The molecule has 8 heteroatoms. The summed E-state index contributed by atoms with van der Waals surface area (Å²) in [5.74, 6) is -0.666. The van der Waals surface area contributed by atoms with Gasteiger partial charge in [0.05, 0.1) is 24.9 Å². The molecule has 3 aromatic rings. The first-order valence-corrected chi connectivity index (χ1v) is 11.2. The fourth-order valence-corrected chi connectivity index (χ4v) is 5.32. The van der Waals surface area contributed by atoms with Gasteiger partial charge in [-0.05, 0) is 31.0 Å². The molecule has 0 atom stereocenters. The fraction of sp³-hybridized carbons (Fsp3) is 0.333. The van der Waals surface area contributed by atoms with Gasteiger partial charge < -0.3 is 9.64 Å². The number of carbonyl (C=O) groups is 2. The second kappa shape index (κ2) is 8.02. The maximum atomic E-state index is 13.1. The van der Waals surface area contributed by atoms with Crippen LogP contribution in [0.2, 0.25) is 0 Å². The average molecular weight is 452 g/mol. The first-order chi connectivity index (χ1) is 15.2. The van der Waals surface area contributed by atoms with Gasteiger partial charge in [-0.1, -0.05) is 32.0 Å². The van der Waals surface area contributed by atoms with E-state index in [1.165, 1.54) is 10.9 Å². The average Bonchev–Trinajstić information content (AvgIpc) is 3.19. The zero-order valence-corrected chi connectivity index (χ0v) is 19.6. The van der Waals surface area contributed by atoms with Crippen LogP contribution in [0.15, 0.2) is 47.2 Å². The summed E-state index contributed by atoms with van der Waals surface area (Å²) in [5.41, 5.74) is 2.97. The Morgan fingerprint density at radius 3 is 2.66 bits per heavy atom. The minimum absolute atomic E-state index is 0.129. The van der Waals surface area contributed by atoms with Gasteiger partial charge in [-0.3, -0.25) is 14.2 Å². The van der Waals surface area contributed by atoms with Crippen molar-refractivity contribution < 1.29 is 14.3 Å². The van der Waals surface area contributed by atoms with Crippen molar-refractivity contribution in [2.75, 3.05) is 18.6 Å². The van der Waals surface area contributed by atoms with E-state index < -0.39 is 5.97 Å². The van der Waals surface area contributed by atoms with Crippen LogP contribution in [-0.2, 0) is 21.5 Å². The molecule has 7 nitrogen and oxygen atoms in total. The van der Waals surface area contributed by atoms with Gasteiger partial charge in [0.15, 0.2) is 5.78 Å². The lowest BCUT2D eigenvalue weighted by Crippen LogP contribution is -2.27. The van der Waals surface area contributed by atoms with E-state index in [9.17, 15) is 14.4 Å². The summed E-state index contributed by atoms with van der Waals surface area (Å²) in [6.45, 7) is 7.72. The Balaban J connectivity index is 1.66. The van der Waals surface area contributed by atoms with Gasteiger partial charge in [0.1, 0.15) is 9.71 Å². The van der Waals surface area contributed by atoms with Crippen molar-refractivity contribution in [3.63, 3.8) is 0 Å². The summed E-state index contributed by atoms with van der Waals surface area (Å²) in [6.07, 6.45) is 2.98. The number of nitrogens with zero attached hydrogens (tertiary/aromatic N) is 3. The summed E-state index contributed by atoms with van der Waals surface area (Å²) < 4.78 is 6.37. The summed E-state index contributed by atoms with van der Waals surface area (Å²) >= 11 is 1.13. The van der Waals surface area contributed by atoms with E-state index in [2.05, 4.69) is 24.9 Å². The van der Waals surface area contributed by atoms with Crippen molar-refractivity contribution in [3.8, 4) is 0 Å². The van der Waals surface area contributed by atoms with Crippen LogP contribution in [0.25, 0.3) is 10.2 Å². The third-order valence-corrected chi connectivity index (χ3v) is 7.12. The molecule has 0 fully saturated rings. The number of aryl methyl sites for hydroxylation is 1. The van der Waals surface area contributed by atoms with Crippen LogP contribution in [0.3, 0.4) is 0 Å². The number of ketones is 1. The largest absolute Gasteiger partial charge is 0.462 e. The second-order valence-corrected chi connectivity index (χ2v) is 9.33. The number of aromatic nitrogens is 2. The Hall–Kier alpha value is -3.26. The van der Waals surface area contributed by atoms with Crippen LogP contribution in [0, 0.1) is 6.92 Å². The first kappa shape index (κ1) is 22.0. The fourth-order valence-electron chi connectivity index (χ4n) is 4.29. The molecule has 3 heterocycles. The van der Waals surface area contributed by atoms with Gasteiger partial charge in [-0.2, -0.15) is 0 Å². The minimum atomic E-state index is -0.467. The van der Waals surface area contributed by atoms with E-state index >= 15 is 0 Å². The Morgan fingerprint density at radius 1 is 1.25 bits per heavy atom. The normalized spacial score (nSPS) is 15.9. The molecule has 0 spiro atoms. The number of benzene rings is 1. The Morgan fingerprint density at radius 2 is 1.97 bits per heavy atom. The zero-order valence-electron chi connectivity index (χ0n) is 18.8. The van der Waals surface area contributed by atoms with E-state index in [1.807, 2.05) is 30.1 Å². The number of fused-ring (bicyclic) bond motifs is 2. The summed E-state index contributed by atoms with van der Waals surface area (Å²) in [4.78, 5) is 45.4. The van der Waals surface area contributed by atoms with Crippen molar-refractivity contribution in [3.05, 3.63) is 68.7 Å². The van der Waals surface area contributed by atoms with Gasteiger partial charge in [0, 0.05) is 29.9 Å². The molecule has 1 aliphatic heterocycles. The number of hydrogen-bond donors (Lipinski definition) is 0. The number of allylic oxidation sites excluding steroid dienone is 2. The van der Waals surface area contributed by atoms with E-state index in [0.717, 1.165) is 28.3 Å². The maximum Gasteiger partial charge on any atom is 0.348 e. The van der Waals surface area contributed by atoms with Crippen LogP contribution >= 0.6 is 11.3 Å². The van der Waals surface area contributed by atoms with Gasteiger partial charge >= 0.3 is 5.97 Å². The molecule has 4 rings (SSSR count). The van der Waals surface area contributed by atoms with Crippen LogP contribution < -0.4 is 10.5 Å². The van der Waals surface area contributed by atoms with Gasteiger partial charge in [-0.15, -0.1) is 11.3 Å². The third kappa shape index (κ3) is 3.44. The lowest BCUT2D eigenvalue weighted by atomic mass is 9.83. The Labute approximate surface area is 190 Å². The highest BCUT2D eigenvalue weighted by Crippen LogP contribution is 2.46. The summed E-state index contributed by atoms with van der Waals surface area (Å²) in [7, 11) is 1.94. The standard InChI is InChI=1S/C24H25N3O4S/c1-6-31-23(30)20-14(2)19-21(32-20)25-13-27(22(19)29)12-15(28)11-18-24(3,4)16-9-7-8-10-17(16)26(18)5/h7-11,13H,6,12H2,1-5H3/b18-11+. The smallest absolute Gasteiger partial charge is 0.348 e. The van der Waals surface area contributed by atoms with Crippen LogP contribution in [0.1, 0.15) is 41.6 Å². The molecule has 1 aromatic carbocycles. The Bertz CT molecular complexity index is 1330. The maximum absolute atomic E-state index is 13.1. The van der Waals surface area contributed by atoms with E-state index in [-0.39, 0.29) is 29.9 Å².